The van der Waals surface area contributed by atoms with Crippen molar-refractivity contribution in [2.45, 2.75) is 32.4 Å². The number of aromatic nitrogens is 2. The number of nitrogens with zero attached hydrogens (tertiary/aromatic N) is 4. The standard InChI is InChI=1S/C17H20N4O2/c1-12(2)17-19-16(20-23-17)15-11-22-7-6-21(15)10-14-5-3-4-13(8-14)9-18/h3-5,8,12,15H,6-7,10-11H2,1-2H3/t15-/m0/s1. The first kappa shape index (κ1) is 15.7. The first-order valence-electron chi connectivity index (χ1n) is 7.81. The van der Waals surface area contributed by atoms with Crippen molar-refractivity contribution >= 4 is 0 Å². The van der Waals surface area contributed by atoms with Gasteiger partial charge in [-0.1, -0.05) is 31.1 Å². The molecular formula is C17H20N4O2. The predicted molar refractivity (Wildman–Crippen MR) is 83.5 cm³/mol. The topological polar surface area (TPSA) is 75.2 Å². The predicted octanol–water partition coefficient (Wildman–Crippen LogP) is 2.64. The Kier molecular flexibility index (Phi) is 4.70. The maximum Gasteiger partial charge on any atom is 0.229 e. The summed E-state index contributed by atoms with van der Waals surface area (Å²) in [5, 5.41) is 13.2. The number of hydrogen-bond acceptors (Lipinski definition) is 6. The molecule has 0 N–H and O–H groups in total. The Labute approximate surface area is 135 Å². The third-order valence-electron chi connectivity index (χ3n) is 3.93. The Hall–Kier alpha value is -2.23. The third-order valence-corrected chi connectivity index (χ3v) is 3.93. The zero-order valence-corrected chi connectivity index (χ0v) is 13.4. The van der Waals surface area contributed by atoms with Crippen LogP contribution in [0.3, 0.4) is 0 Å². The molecule has 2 heterocycles. The van der Waals surface area contributed by atoms with Crippen LogP contribution in [0.2, 0.25) is 0 Å². The quantitative estimate of drug-likeness (QED) is 0.864. The van der Waals surface area contributed by atoms with Crippen molar-refractivity contribution < 1.29 is 9.26 Å². The van der Waals surface area contributed by atoms with Crippen LogP contribution in [0.4, 0.5) is 0 Å². The zero-order chi connectivity index (χ0) is 16.2. The molecule has 0 saturated carbocycles. The first-order chi connectivity index (χ1) is 11.2. The summed E-state index contributed by atoms with van der Waals surface area (Å²) in [6.45, 7) is 6.82. The molecule has 1 fully saturated rings. The van der Waals surface area contributed by atoms with Crippen LogP contribution in [0.25, 0.3) is 0 Å². The number of nitriles is 1. The summed E-state index contributed by atoms with van der Waals surface area (Å²) in [7, 11) is 0. The highest BCUT2D eigenvalue weighted by atomic mass is 16.5. The third kappa shape index (κ3) is 3.58. The molecule has 0 aliphatic carbocycles. The number of ether oxygens (including phenoxy) is 1. The average molecular weight is 312 g/mol. The lowest BCUT2D eigenvalue weighted by Gasteiger charge is -2.33. The second-order valence-electron chi connectivity index (χ2n) is 6.02. The van der Waals surface area contributed by atoms with Gasteiger partial charge in [-0.25, -0.2) is 0 Å². The molecule has 120 valence electrons. The lowest BCUT2D eigenvalue weighted by Crippen LogP contribution is -2.39. The molecule has 0 radical (unpaired) electrons. The molecule has 6 nitrogen and oxygen atoms in total. The Morgan fingerprint density at radius 3 is 3.04 bits per heavy atom. The second kappa shape index (κ2) is 6.90. The highest BCUT2D eigenvalue weighted by Gasteiger charge is 2.29. The van der Waals surface area contributed by atoms with Crippen molar-refractivity contribution in [1.82, 2.24) is 15.0 Å². The highest BCUT2D eigenvalue weighted by Crippen LogP contribution is 2.25. The molecule has 1 aromatic carbocycles. The molecule has 3 rings (SSSR count). The van der Waals surface area contributed by atoms with Crippen LogP contribution in [-0.4, -0.2) is 34.8 Å². The van der Waals surface area contributed by atoms with E-state index in [-0.39, 0.29) is 12.0 Å². The van der Waals surface area contributed by atoms with Crippen LogP contribution < -0.4 is 0 Å². The summed E-state index contributed by atoms with van der Waals surface area (Å²) in [5.41, 5.74) is 1.78. The lowest BCUT2D eigenvalue weighted by molar-refractivity contribution is -0.0166. The summed E-state index contributed by atoms with van der Waals surface area (Å²) in [5.74, 6) is 1.53. The molecule has 1 aliphatic rings. The van der Waals surface area contributed by atoms with E-state index in [0.29, 0.717) is 30.5 Å². The molecule has 1 atom stereocenters. The summed E-state index contributed by atoms with van der Waals surface area (Å²) < 4.78 is 10.9. The molecule has 2 aromatic rings. The SMILES string of the molecule is CC(C)c1nc([C@@H]2COCCN2Cc2cccc(C#N)c2)no1. The van der Waals surface area contributed by atoms with E-state index in [0.717, 1.165) is 18.7 Å². The van der Waals surface area contributed by atoms with Crippen molar-refractivity contribution in [3.63, 3.8) is 0 Å². The van der Waals surface area contributed by atoms with E-state index in [2.05, 4.69) is 21.1 Å². The van der Waals surface area contributed by atoms with Crippen LogP contribution in [0, 0.1) is 11.3 Å². The number of morpholine rings is 1. The van der Waals surface area contributed by atoms with Crippen molar-refractivity contribution in [2.75, 3.05) is 19.8 Å². The van der Waals surface area contributed by atoms with E-state index in [1.807, 2.05) is 38.1 Å². The number of hydrogen-bond donors (Lipinski definition) is 0. The number of rotatable bonds is 4. The number of benzene rings is 1. The van der Waals surface area contributed by atoms with Gasteiger partial charge in [0.1, 0.15) is 0 Å². The van der Waals surface area contributed by atoms with Crippen LogP contribution in [0.5, 0.6) is 0 Å². The summed E-state index contributed by atoms with van der Waals surface area (Å²) in [4.78, 5) is 6.78. The van der Waals surface area contributed by atoms with Gasteiger partial charge < -0.3 is 9.26 Å². The molecule has 0 bridgehead atoms. The molecule has 1 saturated heterocycles. The minimum absolute atomic E-state index is 0.0225. The average Bonchev–Trinajstić information content (AvgIpc) is 3.06. The van der Waals surface area contributed by atoms with E-state index in [9.17, 15) is 0 Å². The van der Waals surface area contributed by atoms with Gasteiger partial charge in [0, 0.05) is 19.0 Å². The van der Waals surface area contributed by atoms with E-state index in [1.165, 1.54) is 0 Å². The molecule has 23 heavy (non-hydrogen) atoms. The maximum absolute atomic E-state index is 9.04. The zero-order valence-electron chi connectivity index (χ0n) is 13.4. The van der Waals surface area contributed by atoms with Crippen molar-refractivity contribution in [2.24, 2.45) is 0 Å². The Bertz CT molecular complexity index is 705. The fourth-order valence-electron chi connectivity index (χ4n) is 2.66. The smallest absolute Gasteiger partial charge is 0.229 e. The molecule has 1 aromatic heterocycles. The van der Waals surface area contributed by atoms with Gasteiger partial charge >= 0.3 is 0 Å². The van der Waals surface area contributed by atoms with Crippen LogP contribution >= 0.6 is 0 Å². The second-order valence-corrected chi connectivity index (χ2v) is 6.02. The van der Waals surface area contributed by atoms with Gasteiger partial charge in [-0.2, -0.15) is 10.2 Å². The minimum Gasteiger partial charge on any atom is -0.378 e. The van der Waals surface area contributed by atoms with Crippen molar-refractivity contribution in [3.8, 4) is 6.07 Å². The summed E-state index contributed by atoms with van der Waals surface area (Å²) >= 11 is 0. The fourth-order valence-corrected chi connectivity index (χ4v) is 2.66. The summed E-state index contributed by atoms with van der Waals surface area (Å²) in [6, 6.07) is 9.83. The lowest BCUT2D eigenvalue weighted by atomic mass is 10.1. The van der Waals surface area contributed by atoms with E-state index >= 15 is 0 Å². The normalized spacial score (nSPS) is 19.0. The Morgan fingerprint density at radius 1 is 1.43 bits per heavy atom. The molecular weight excluding hydrogens is 292 g/mol. The van der Waals surface area contributed by atoms with E-state index in [1.54, 1.807) is 0 Å². The molecule has 0 unspecified atom stereocenters. The van der Waals surface area contributed by atoms with Gasteiger partial charge in [-0.3, -0.25) is 4.90 Å². The minimum atomic E-state index is -0.0225. The molecule has 0 amide bonds. The first-order valence-corrected chi connectivity index (χ1v) is 7.81. The van der Waals surface area contributed by atoms with Crippen LogP contribution in [-0.2, 0) is 11.3 Å². The monoisotopic (exact) mass is 312 g/mol. The van der Waals surface area contributed by atoms with Gasteiger partial charge in [0.15, 0.2) is 5.82 Å². The highest BCUT2D eigenvalue weighted by molar-refractivity contribution is 5.32. The molecule has 1 aliphatic heterocycles. The molecule has 6 heteroatoms. The van der Waals surface area contributed by atoms with Gasteiger partial charge in [-0.15, -0.1) is 0 Å². The van der Waals surface area contributed by atoms with Crippen LogP contribution in [0.1, 0.15) is 48.6 Å². The summed E-state index contributed by atoms with van der Waals surface area (Å²) in [6.07, 6.45) is 0. The van der Waals surface area contributed by atoms with Gasteiger partial charge in [0.05, 0.1) is 30.9 Å². The van der Waals surface area contributed by atoms with Gasteiger partial charge in [-0.05, 0) is 17.7 Å². The van der Waals surface area contributed by atoms with Gasteiger partial charge in [0.2, 0.25) is 5.89 Å². The Balaban J connectivity index is 1.79. The van der Waals surface area contributed by atoms with Crippen LogP contribution in [0.15, 0.2) is 28.8 Å². The Morgan fingerprint density at radius 2 is 2.30 bits per heavy atom. The fraction of sp³-hybridized carbons (Fsp3) is 0.471. The van der Waals surface area contributed by atoms with E-state index in [4.69, 9.17) is 14.5 Å². The maximum atomic E-state index is 9.04. The largest absolute Gasteiger partial charge is 0.378 e. The van der Waals surface area contributed by atoms with Gasteiger partial charge in [0.25, 0.3) is 0 Å². The van der Waals surface area contributed by atoms with Crippen molar-refractivity contribution in [3.05, 3.63) is 47.1 Å². The molecule has 0 spiro atoms. The van der Waals surface area contributed by atoms with E-state index < -0.39 is 0 Å². The van der Waals surface area contributed by atoms with Crippen molar-refractivity contribution in [1.29, 1.82) is 5.26 Å².